The van der Waals surface area contributed by atoms with Gasteiger partial charge in [0.1, 0.15) is 0 Å². The van der Waals surface area contributed by atoms with E-state index in [0.717, 1.165) is 37.8 Å². The Hall–Kier alpha value is -2.76. The van der Waals surface area contributed by atoms with Gasteiger partial charge in [0.2, 0.25) is 11.8 Å². The SMILES string of the molecule is CCCCCCCCCCCCCCCC=CC(=O)NCCCCCCCCCCCCCCCC=CC(=O)NCc1ccc(O)c(OC)c1. The first-order valence-electron chi connectivity index (χ1n) is 20.8. The Morgan fingerprint density at radius 1 is 0.580 bits per heavy atom. The maximum atomic E-state index is 12.0. The molecule has 1 aromatic rings. The summed E-state index contributed by atoms with van der Waals surface area (Å²) >= 11 is 0. The van der Waals surface area contributed by atoms with Crippen LogP contribution in [-0.4, -0.2) is 30.6 Å². The van der Waals surface area contributed by atoms with E-state index in [1.54, 1.807) is 30.4 Å². The molecule has 2 amide bonds. The van der Waals surface area contributed by atoms with Gasteiger partial charge >= 0.3 is 0 Å². The molecular weight excluding hydrogens is 620 g/mol. The van der Waals surface area contributed by atoms with Crippen molar-refractivity contribution in [3.63, 3.8) is 0 Å². The summed E-state index contributed by atoms with van der Waals surface area (Å²) in [7, 11) is 1.51. The van der Waals surface area contributed by atoms with E-state index in [-0.39, 0.29) is 17.6 Å². The summed E-state index contributed by atoms with van der Waals surface area (Å²) in [6.45, 7) is 3.48. The van der Waals surface area contributed by atoms with Crippen LogP contribution in [0.5, 0.6) is 11.5 Å². The van der Waals surface area contributed by atoms with Gasteiger partial charge in [0, 0.05) is 13.1 Å². The van der Waals surface area contributed by atoms with E-state index in [1.165, 1.54) is 161 Å². The maximum Gasteiger partial charge on any atom is 0.243 e. The molecular formula is C44H76N2O4. The lowest BCUT2D eigenvalue weighted by atomic mass is 10.0. The average molecular weight is 697 g/mol. The van der Waals surface area contributed by atoms with Crippen LogP contribution < -0.4 is 15.4 Å². The zero-order chi connectivity index (χ0) is 36.2. The molecule has 0 spiro atoms. The van der Waals surface area contributed by atoms with E-state index in [4.69, 9.17) is 4.74 Å². The van der Waals surface area contributed by atoms with Crippen molar-refractivity contribution in [2.24, 2.45) is 0 Å². The van der Waals surface area contributed by atoms with Crippen molar-refractivity contribution in [3.05, 3.63) is 48.1 Å². The molecule has 1 rings (SSSR count). The highest BCUT2D eigenvalue weighted by Crippen LogP contribution is 2.26. The van der Waals surface area contributed by atoms with E-state index >= 15 is 0 Å². The lowest BCUT2D eigenvalue weighted by molar-refractivity contribution is -0.117. The molecule has 0 bridgehead atoms. The number of phenols is 1. The zero-order valence-corrected chi connectivity index (χ0v) is 32.4. The third-order valence-corrected chi connectivity index (χ3v) is 9.57. The smallest absolute Gasteiger partial charge is 0.243 e. The Kier molecular flexibility index (Phi) is 31.4. The van der Waals surface area contributed by atoms with E-state index < -0.39 is 0 Å². The molecule has 286 valence electrons. The minimum absolute atomic E-state index is 0.0713. The summed E-state index contributed by atoms with van der Waals surface area (Å²) in [6.07, 6.45) is 43.7. The Balaban J connectivity index is 1.78. The maximum absolute atomic E-state index is 12.0. The fourth-order valence-corrected chi connectivity index (χ4v) is 6.34. The largest absolute Gasteiger partial charge is 0.504 e. The fourth-order valence-electron chi connectivity index (χ4n) is 6.34. The molecule has 0 aromatic heterocycles. The van der Waals surface area contributed by atoms with Gasteiger partial charge in [0.25, 0.3) is 0 Å². The summed E-state index contributed by atoms with van der Waals surface area (Å²) < 4.78 is 5.10. The van der Waals surface area contributed by atoms with Crippen molar-refractivity contribution in [1.29, 1.82) is 0 Å². The van der Waals surface area contributed by atoms with Crippen molar-refractivity contribution in [2.75, 3.05) is 13.7 Å². The topological polar surface area (TPSA) is 87.7 Å². The van der Waals surface area contributed by atoms with Gasteiger partial charge < -0.3 is 20.5 Å². The molecule has 0 fully saturated rings. The highest BCUT2D eigenvalue weighted by Gasteiger charge is 2.04. The van der Waals surface area contributed by atoms with Crippen LogP contribution in [0.25, 0.3) is 0 Å². The van der Waals surface area contributed by atoms with Crippen molar-refractivity contribution < 1.29 is 19.4 Å². The van der Waals surface area contributed by atoms with E-state index in [0.29, 0.717) is 12.3 Å². The van der Waals surface area contributed by atoms with Crippen LogP contribution in [0.1, 0.15) is 192 Å². The molecule has 0 heterocycles. The van der Waals surface area contributed by atoms with Gasteiger partial charge in [0.05, 0.1) is 7.11 Å². The van der Waals surface area contributed by atoms with E-state index in [9.17, 15) is 14.7 Å². The Labute approximate surface area is 307 Å². The predicted molar refractivity (Wildman–Crippen MR) is 213 cm³/mol. The summed E-state index contributed by atoms with van der Waals surface area (Å²) in [5.41, 5.74) is 0.883. The van der Waals surface area contributed by atoms with Crippen LogP contribution in [0.3, 0.4) is 0 Å². The van der Waals surface area contributed by atoms with Gasteiger partial charge in [-0.3, -0.25) is 9.59 Å². The molecule has 0 aliphatic heterocycles. The summed E-state index contributed by atoms with van der Waals surface area (Å²) in [5, 5.41) is 15.6. The molecule has 3 N–H and O–H groups in total. The molecule has 0 saturated carbocycles. The van der Waals surface area contributed by atoms with Crippen molar-refractivity contribution in [2.45, 2.75) is 193 Å². The minimum atomic E-state index is -0.0981. The summed E-state index contributed by atoms with van der Waals surface area (Å²) in [5.74, 6) is 0.477. The van der Waals surface area contributed by atoms with Gasteiger partial charge in [-0.15, -0.1) is 0 Å². The van der Waals surface area contributed by atoms with Crippen molar-refractivity contribution in [3.8, 4) is 11.5 Å². The normalized spacial score (nSPS) is 11.5. The molecule has 0 unspecified atom stereocenters. The zero-order valence-electron chi connectivity index (χ0n) is 32.4. The first-order chi connectivity index (χ1) is 24.6. The van der Waals surface area contributed by atoms with Crippen LogP contribution in [0.15, 0.2) is 42.5 Å². The number of phenolic OH excluding ortho intramolecular Hbond substituents is 1. The van der Waals surface area contributed by atoms with E-state index in [2.05, 4.69) is 23.6 Å². The van der Waals surface area contributed by atoms with Crippen molar-refractivity contribution in [1.82, 2.24) is 10.6 Å². The number of carbonyl (C=O) groups is 2. The number of allylic oxidation sites excluding steroid dienone is 2. The van der Waals surface area contributed by atoms with Gasteiger partial charge in [-0.25, -0.2) is 0 Å². The van der Waals surface area contributed by atoms with Crippen LogP contribution >= 0.6 is 0 Å². The molecule has 1 aromatic carbocycles. The first-order valence-corrected chi connectivity index (χ1v) is 20.8. The second kappa shape index (κ2) is 34.7. The second-order valence-electron chi connectivity index (χ2n) is 14.2. The Morgan fingerprint density at radius 2 is 0.980 bits per heavy atom. The van der Waals surface area contributed by atoms with Crippen LogP contribution in [0.4, 0.5) is 0 Å². The Morgan fingerprint density at radius 3 is 1.42 bits per heavy atom. The first kappa shape index (κ1) is 45.3. The van der Waals surface area contributed by atoms with Crippen molar-refractivity contribution >= 4 is 11.8 Å². The molecule has 0 saturated heterocycles. The third-order valence-electron chi connectivity index (χ3n) is 9.57. The van der Waals surface area contributed by atoms with Gasteiger partial charge in [-0.05, 0) is 62.0 Å². The van der Waals surface area contributed by atoms with Gasteiger partial charge in [0.15, 0.2) is 11.5 Å². The van der Waals surface area contributed by atoms with Gasteiger partial charge in [-0.2, -0.15) is 0 Å². The fraction of sp³-hybridized carbons (Fsp3) is 0.727. The molecule has 6 nitrogen and oxygen atoms in total. The number of methoxy groups -OCH3 is 1. The van der Waals surface area contributed by atoms with Crippen LogP contribution in [0, 0.1) is 0 Å². The van der Waals surface area contributed by atoms with Gasteiger partial charge in [-0.1, -0.05) is 173 Å². The molecule has 0 atom stereocenters. The second-order valence-corrected chi connectivity index (χ2v) is 14.2. The quantitative estimate of drug-likeness (QED) is 0.0487. The summed E-state index contributed by atoms with van der Waals surface area (Å²) in [4.78, 5) is 24.0. The number of amides is 2. The molecule has 0 radical (unpaired) electrons. The number of benzene rings is 1. The molecule has 50 heavy (non-hydrogen) atoms. The number of aromatic hydroxyl groups is 1. The number of hydrogen-bond donors (Lipinski definition) is 3. The lowest BCUT2D eigenvalue weighted by Crippen LogP contribution is -2.21. The third kappa shape index (κ3) is 29.0. The standard InChI is InChI=1S/C44H76N2O4/c1-3-4-5-6-7-8-9-10-12-15-18-21-24-27-30-33-43(48)45-37-32-29-26-23-20-17-14-11-13-16-19-22-25-28-31-34-44(49)46-39-40-35-36-41(47)42(38-40)50-2/h30-31,33-36,38,47H,3-29,32,37,39H2,1-2H3,(H,45,48)(H,46,49). The van der Waals surface area contributed by atoms with Crippen LogP contribution in [-0.2, 0) is 16.1 Å². The number of rotatable bonds is 35. The van der Waals surface area contributed by atoms with Crippen LogP contribution in [0.2, 0.25) is 0 Å². The number of hydrogen-bond acceptors (Lipinski definition) is 4. The number of unbranched alkanes of at least 4 members (excludes halogenated alkanes) is 26. The number of nitrogens with one attached hydrogen (secondary N) is 2. The molecule has 0 aliphatic rings. The Bertz CT molecular complexity index is 1010. The number of carbonyl (C=O) groups excluding carboxylic acids is 2. The molecule has 0 aliphatic carbocycles. The highest BCUT2D eigenvalue weighted by atomic mass is 16.5. The highest BCUT2D eigenvalue weighted by molar-refractivity contribution is 5.87. The monoisotopic (exact) mass is 697 g/mol. The number of ether oxygens (including phenoxy) is 1. The molecule has 6 heteroatoms. The summed E-state index contributed by atoms with van der Waals surface area (Å²) in [6, 6.07) is 5.07. The predicted octanol–water partition coefficient (Wildman–Crippen LogP) is 12.2. The minimum Gasteiger partial charge on any atom is -0.504 e. The van der Waals surface area contributed by atoms with E-state index in [1.807, 2.05) is 6.08 Å². The lowest BCUT2D eigenvalue weighted by Gasteiger charge is -2.07. The average Bonchev–Trinajstić information content (AvgIpc) is 3.12.